The molecule has 0 radical (unpaired) electrons. The Bertz CT molecular complexity index is 2410. The van der Waals surface area contributed by atoms with Crippen LogP contribution in [0.25, 0.3) is 35.6 Å². The zero-order valence-electron chi connectivity index (χ0n) is 33.9. The van der Waals surface area contributed by atoms with Gasteiger partial charge in [0.05, 0.1) is 35.5 Å². The third kappa shape index (κ3) is 7.19. The standard InChI is InChI=1S/C45H57N5O5/c1-11-29-25(6)33-22-37-30(12-2)27(8)36(50(37)46)21-34-26(7)31(16-17-38(51)55-19-18-24(5)15-13-14-23(3)4)42(48-34)40-41(45(53)54-10)44(52)39-28(9)32(49-43(39)40)20-35(29)47-33/h12,18,20-23,26,31,41,47,49,52H,2,11,13-17,19,46H2,1,3-10H3/p-1/b24-18-,33-22-,34-21-,35-20-/t26-,31-,41+/m0/s1. The fourth-order valence-electron chi connectivity index (χ4n) is 8.57. The average molecular weight is 747 g/mol. The number of carbonyl (C=O) groups is 2. The van der Waals surface area contributed by atoms with Gasteiger partial charge in [-0.2, -0.15) is 0 Å². The van der Waals surface area contributed by atoms with E-state index in [1.165, 1.54) is 12.7 Å². The van der Waals surface area contributed by atoms with Gasteiger partial charge < -0.3 is 30.4 Å². The van der Waals surface area contributed by atoms with Crippen molar-refractivity contribution in [3.8, 4) is 0 Å². The quantitative estimate of drug-likeness (QED) is 0.144. The summed E-state index contributed by atoms with van der Waals surface area (Å²) in [5.41, 5.74) is 10.2. The summed E-state index contributed by atoms with van der Waals surface area (Å²) in [6.45, 7) is 21.1. The lowest BCUT2D eigenvalue weighted by atomic mass is 9.81. The van der Waals surface area contributed by atoms with E-state index in [4.69, 9.17) is 20.3 Å². The van der Waals surface area contributed by atoms with Crippen molar-refractivity contribution in [2.24, 2.45) is 28.7 Å². The Kier molecular flexibility index (Phi) is 11.4. The maximum Gasteiger partial charge on any atom is 0.316 e. The van der Waals surface area contributed by atoms with E-state index in [-0.39, 0.29) is 36.6 Å². The molecule has 55 heavy (non-hydrogen) atoms. The number of rotatable bonds is 12. The van der Waals surface area contributed by atoms with Gasteiger partial charge in [0.15, 0.2) is 0 Å². The number of aromatic amines is 2. The van der Waals surface area contributed by atoms with E-state index in [2.05, 4.69) is 64.2 Å². The number of nitrogens with one attached hydrogen (secondary N) is 2. The molecule has 1 aliphatic carbocycles. The molecule has 3 aromatic heterocycles. The number of esters is 2. The van der Waals surface area contributed by atoms with Crippen LogP contribution in [0.2, 0.25) is 0 Å². The van der Waals surface area contributed by atoms with Crippen LogP contribution in [0.3, 0.4) is 0 Å². The van der Waals surface area contributed by atoms with Gasteiger partial charge in [-0.05, 0) is 111 Å². The molecule has 5 heterocycles. The smallest absolute Gasteiger partial charge is 0.316 e. The summed E-state index contributed by atoms with van der Waals surface area (Å²) in [7, 11) is 1.30. The third-order valence-electron chi connectivity index (χ3n) is 11.9. The minimum Gasteiger partial charge on any atom is -0.874 e. The Morgan fingerprint density at radius 1 is 1.07 bits per heavy atom. The predicted molar refractivity (Wildman–Crippen MR) is 219 cm³/mol. The van der Waals surface area contributed by atoms with E-state index >= 15 is 0 Å². The highest BCUT2D eigenvalue weighted by atomic mass is 16.5. The number of H-pyrrole nitrogens is 2. The Labute approximate surface area is 323 Å². The number of allylic oxidation sites excluding steroid dienone is 2. The summed E-state index contributed by atoms with van der Waals surface area (Å²) in [6, 6.07) is 0. The number of aromatic nitrogens is 3. The SMILES string of the molecule is C=Cc1c(C)c2n(N)c1/C=c1\[nH]/c(c(CC)c1C)=C\c1[nH]c3c(c1C)=C([O-])[C@H](C(=O)OC)C=3C1=N/C(=C\2)[C@@H](C)[C@@H]1CCC(=O)OC/C=C(/C)CCCC(C)C. The van der Waals surface area contributed by atoms with Crippen LogP contribution in [0.1, 0.15) is 112 Å². The lowest BCUT2D eigenvalue weighted by Crippen LogP contribution is -2.31. The maximum absolute atomic E-state index is 14.3. The molecule has 3 aromatic rings. The van der Waals surface area contributed by atoms with Gasteiger partial charge in [0, 0.05) is 51.5 Å². The number of nitrogens with two attached hydrogens (primary N) is 1. The first-order valence-electron chi connectivity index (χ1n) is 19.6. The van der Waals surface area contributed by atoms with E-state index in [1.54, 1.807) is 4.68 Å². The van der Waals surface area contributed by atoms with Crippen molar-refractivity contribution in [1.29, 1.82) is 0 Å². The monoisotopic (exact) mass is 746 g/mol. The van der Waals surface area contributed by atoms with Crippen LogP contribution in [0.4, 0.5) is 0 Å². The zero-order chi connectivity index (χ0) is 39.9. The molecule has 2 aliphatic heterocycles. The topological polar surface area (TPSA) is 151 Å². The summed E-state index contributed by atoms with van der Waals surface area (Å²) in [6.07, 6.45) is 14.5. The van der Waals surface area contributed by atoms with Gasteiger partial charge in [0.25, 0.3) is 0 Å². The molecule has 8 bridgehead atoms. The maximum atomic E-state index is 14.3. The first-order chi connectivity index (χ1) is 26.2. The van der Waals surface area contributed by atoms with E-state index in [0.29, 0.717) is 34.2 Å². The van der Waals surface area contributed by atoms with Gasteiger partial charge in [-0.3, -0.25) is 19.3 Å². The number of hydrogen-bond donors (Lipinski definition) is 3. The van der Waals surface area contributed by atoms with E-state index < -0.39 is 11.9 Å². The molecule has 10 nitrogen and oxygen atoms in total. The summed E-state index contributed by atoms with van der Waals surface area (Å²) < 4.78 is 12.6. The molecule has 10 heteroatoms. The minimum absolute atomic E-state index is 0.140. The Balaban J connectivity index is 1.51. The predicted octanol–water partition coefficient (Wildman–Crippen LogP) is 4.23. The molecule has 0 fully saturated rings. The minimum atomic E-state index is -1.19. The Morgan fingerprint density at radius 2 is 1.82 bits per heavy atom. The summed E-state index contributed by atoms with van der Waals surface area (Å²) >= 11 is 0. The van der Waals surface area contributed by atoms with Crippen LogP contribution in [-0.4, -0.2) is 46.0 Å². The average Bonchev–Trinajstić information content (AvgIpc) is 3.87. The molecule has 0 saturated carbocycles. The summed E-state index contributed by atoms with van der Waals surface area (Å²) in [5, 5.41) is 17.2. The number of nitrogens with zero attached hydrogens (tertiary/aromatic N) is 2. The van der Waals surface area contributed by atoms with Crippen molar-refractivity contribution in [1.82, 2.24) is 14.6 Å². The van der Waals surface area contributed by atoms with Crippen molar-refractivity contribution in [2.45, 2.75) is 93.9 Å². The third-order valence-corrected chi connectivity index (χ3v) is 11.9. The molecule has 0 spiro atoms. The second kappa shape index (κ2) is 15.8. The van der Waals surface area contributed by atoms with Gasteiger partial charge in [-0.25, -0.2) is 0 Å². The van der Waals surface area contributed by atoms with Gasteiger partial charge in [0.1, 0.15) is 6.61 Å². The molecule has 0 amide bonds. The lowest BCUT2D eigenvalue weighted by molar-refractivity contribution is -0.255. The highest BCUT2D eigenvalue weighted by Gasteiger charge is 2.41. The number of ether oxygens (including phenoxy) is 2. The highest BCUT2D eigenvalue weighted by Crippen LogP contribution is 2.41. The van der Waals surface area contributed by atoms with Crippen molar-refractivity contribution < 1.29 is 24.2 Å². The lowest BCUT2D eigenvalue weighted by Gasteiger charge is -2.25. The van der Waals surface area contributed by atoms with Crippen LogP contribution < -0.4 is 32.2 Å². The number of fused-ring (bicyclic) bond motifs is 7. The molecule has 0 unspecified atom stereocenters. The zero-order valence-corrected chi connectivity index (χ0v) is 33.9. The van der Waals surface area contributed by atoms with Gasteiger partial charge in [-0.15, -0.1) is 5.76 Å². The van der Waals surface area contributed by atoms with Gasteiger partial charge in [0.2, 0.25) is 0 Å². The molecular formula is C45H56N5O5-. The van der Waals surface area contributed by atoms with Crippen LogP contribution >= 0.6 is 0 Å². The number of nitrogen functional groups attached to an aromatic ring is 1. The first kappa shape index (κ1) is 39.4. The normalized spacial score (nSPS) is 21.1. The molecule has 3 aliphatic rings. The molecule has 6 rings (SSSR count). The number of aliphatic imine (C=N–C) groups is 1. The van der Waals surface area contributed by atoms with Crippen LogP contribution in [-0.2, 0) is 25.5 Å². The number of carbonyl (C=O) groups excluding carboxylic acids is 2. The van der Waals surface area contributed by atoms with E-state index in [1.807, 2.05) is 38.2 Å². The Hall–Kier alpha value is -5.25. The number of hydrogen-bond acceptors (Lipinski definition) is 7. The fraction of sp³-hybridized carbons (Fsp3) is 0.444. The molecule has 4 N–H and O–H groups in total. The van der Waals surface area contributed by atoms with E-state index in [0.717, 1.165) is 87.0 Å². The summed E-state index contributed by atoms with van der Waals surface area (Å²) in [5.74, 6) is 4.58. The van der Waals surface area contributed by atoms with Crippen molar-refractivity contribution in [3.05, 3.63) is 90.1 Å². The van der Waals surface area contributed by atoms with Crippen LogP contribution in [0.5, 0.6) is 0 Å². The highest BCUT2D eigenvalue weighted by molar-refractivity contribution is 6.27. The Morgan fingerprint density at radius 3 is 2.49 bits per heavy atom. The van der Waals surface area contributed by atoms with Crippen LogP contribution in [0, 0.1) is 44.4 Å². The molecule has 3 atom stereocenters. The van der Waals surface area contributed by atoms with Gasteiger partial charge >= 0.3 is 11.9 Å². The second-order valence-electron chi connectivity index (χ2n) is 15.7. The molecular weight excluding hydrogens is 691 g/mol. The molecule has 292 valence electrons. The summed E-state index contributed by atoms with van der Waals surface area (Å²) in [4.78, 5) is 39.2. The fourth-order valence-corrected chi connectivity index (χ4v) is 8.57. The van der Waals surface area contributed by atoms with Crippen molar-refractivity contribution >= 4 is 53.3 Å². The van der Waals surface area contributed by atoms with Crippen molar-refractivity contribution in [2.75, 3.05) is 19.6 Å². The van der Waals surface area contributed by atoms with Crippen molar-refractivity contribution in [3.63, 3.8) is 0 Å². The number of methoxy groups -OCH3 is 1. The van der Waals surface area contributed by atoms with Crippen LogP contribution in [0.15, 0.2) is 28.9 Å². The first-order valence-corrected chi connectivity index (χ1v) is 19.6. The largest absolute Gasteiger partial charge is 0.874 e. The van der Waals surface area contributed by atoms with Gasteiger partial charge in [-0.1, -0.05) is 52.3 Å². The molecule has 0 aromatic carbocycles. The second-order valence-corrected chi connectivity index (χ2v) is 15.7. The van der Waals surface area contributed by atoms with E-state index in [9.17, 15) is 14.7 Å². The molecule has 0 saturated heterocycles.